The Hall–Kier alpha value is -3.17. The molecule has 1 aromatic heterocycles. The van der Waals surface area contributed by atoms with Gasteiger partial charge in [-0.1, -0.05) is 30.3 Å². The Kier molecular flexibility index (Phi) is 5.22. The molecule has 1 saturated heterocycles. The average Bonchev–Trinajstić information content (AvgIpc) is 3.24. The molecule has 1 N–H and O–H groups in total. The van der Waals surface area contributed by atoms with Crippen LogP contribution in [0.1, 0.15) is 11.1 Å². The van der Waals surface area contributed by atoms with Crippen molar-refractivity contribution in [2.24, 2.45) is 0 Å². The van der Waals surface area contributed by atoms with Crippen molar-refractivity contribution in [2.75, 3.05) is 42.1 Å². The topological polar surface area (TPSA) is 95.9 Å². The first-order valence-electron chi connectivity index (χ1n) is 10.6. The number of anilines is 2. The molecule has 32 heavy (non-hydrogen) atoms. The molecule has 0 saturated carbocycles. The highest BCUT2D eigenvalue weighted by Gasteiger charge is 2.36. The SMILES string of the molecule is Cc1ccccc1S(=O)(=O)N1CCc2c(-c3cccc(O)c3)nc(N3CCOCC3)nc21. The number of hydrogen-bond donors (Lipinski definition) is 1. The summed E-state index contributed by atoms with van der Waals surface area (Å²) in [5.74, 6) is 1.01. The number of aryl methyl sites for hydroxylation is 1. The molecule has 2 aromatic carbocycles. The van der Waals surface area contributed by atoms with Crippen molar-refractivity contribution < 1.29 is 18.3 Å². The van der Waals surface area contributed by atoms with Gasteiger partial charge in [0.1, 0.15) is 5.75 Å². The van der Waals surface area contributed by atoms with E-state index in [-0.39, 0.29) is 10.6 Å². The van der Waals surface area contributed by atoms with Gasteiger partial charge in [0.2, 0.25) is 5.95 Å². The number of morpholine rings is 1. The van der Waals surface area contributed by atoms with E-state index in [2.05, 4.69) is 0 Å². The van der Waals surface area contributed by atoms with Crippen LogP contribution in [-0.4, -0.2) is 56.3 Å². The van der Waals surface area contributed by atoms with E-state index in [1.54, 1.807) is 43.3 Å². The van der Waals surface area contributed by atoms with Crippen LogP contribution in [0.4, 0.5) is 11.8 Å². The summed E-state index contributed by atoms with van der Waals surface area (Å²) in [4.78, 5) is 11.8. The minimum Gasteiger partial charge on any atom is -0.508 e. The Bertz CT molecular complexity index is 1270. The number of aromatic nitrogens is 2. The van der Waals surface area contributed by atoms with Gasteiger partial charge in [-0.2, -0.15) is 4.98 Å². The van der Waals surface area contributed by atoms with Crippen LogP contribution >= 0.6 is 0 Å². The first kappa shape index (κ1) is 20.7. The Morgan fingerprint density at radius 3 is 2.53 bits per heavy atom. The van der Waals surface area contributed by atoms with E-state index in [1.165, 1.54) is 4.31 Å². The smallest absolute Gasteiger partial charge is 0.265 e. The Labute approximate surface area is 187 Å². The number of benzene rings is 2. The quantitative estimate of drug-likeness (QED) is 0.650. The minimum absolute atomic E-state index is 0.130. The molecule has 5 rings (SSSR count). The second-order valence-corrected chi connectivity index (χ2v) is 9.75. The van der Waals surface area contributed by atoms with Gasteiger partial charge in [0.15, 0.2) is 5.82 Å². The molecular weight excluding hydrogens is 428 g/mol. The second kappa shape index (κ2) is 8.07. The summed E-state index contributed by atoms with van der Waals surface area (Å²) in [5.41, 5.74) is 2.84. The predicted octanol–water partition coefficient (Wildman–Crippen LogP) is 2.75. The lowest BCUT2D eigenvalue weighted by Crippen LogP contribution is -2.38. The summed E-state index contributed by atoms with van der Waals surface area (Å²) >= 11 is 0. The van der Waals surface area contributed by atoms with Crippen LogP contribution in [0, 0.1) is 6.92 Å². The molecule has 3 heterocycles. The number of sulfonamides is 1. The number of rotatable bonds is 4. The molecule has 0 bridgehead atoms. The maximum Gasteiger partial charge on any atom is 0.265 e. The van der Waals surface area contributed by atoms with Gasteiger partial charge in [0.05, 0.1) is 23.8 Å². The number of hydrogen-bond acceptors (Lipinski definition) is 7. The molecule has 0 atom stereocenters. The van der Waals surface area contributed by atoms with E-state index in [0.29, 0.717) is 62.3 Å². The Morgan fingerprint density at radius 1 is 1.00 bits per heavy atom. The molecule has 2 aliphatic heterocycles. The van der Waals surface area contributed by atoms with Crippen LogP contribution in [0.3, 0.4) is 0 Å². The highest BCUT2D eigenvalue weighted by atomic mass is 32.2. The molecule has 3 aromatic rings. The molecule has 166 valence electrons. The third-order valence-electron chi connectivity index (χ3n) is 5.85. The lowest BCUT2D eigenvalue weighted by Gasteiger charge is -2.28. The molecular formula is C23H24N4O4S. The molecule has 8 nitrogen and oxygen atoms in total. The number of nitrogens with zero attached hydrogens (tertiary/aromatic N) is 4. The molecule has 0 unspecified atom stereocenters. The third kappa shape index (κ3) is 3.57. The first-order valence-corrected chi connectivity index (χ1v) is 12.0. The van der Waals surface area contributed by atoms with Crippen LogP contribution in [0.2, 0.25) is 0 Å². The van der Waals surface area contributed by atoms with Gasteiger partial charge < -0.3 is 14.7 Å². The normalized spacial score (nSPS) is 16.3. The number of phenolic OH excluding ortho intramolecular Hbond substituents is 1. The fourth-order valence-electron chi connectivity index (χ4n) is 4.21. The zero-order chi connectivity index (χ0) is 22.3. The summed E-state index contributed by atoms with van der Waals surface area (Å²) in [7, 11) is -3.79. The van der Waals surface area contributed by atoms with E-state index in [1.807, 2.05) is 17.0 Å². The summed E-state index contributed by atoms with van der Waals surface area (Å²) in [6.45, 7) is 4.46. The first-order chi connectivity index (χ1) is 15.4. The van der Waals surface area contributed by atoms with Crippen molar-refractivity contribution in [2.45, 2.75) is 18.2 Å². The van der Waals surface area contributed by atoms with Gasteiger partial charge in [-0.3, -0.25) is 0 Å². The molecule has 0 aliphatic carbocycles. The average molecular weight is 453 g/mol. The Morgan fingerprint density at radius 2 is 1.78 bits per heavy atom. The van der Waals surface area contributed by atoms with E-state index in [4.69, 9.17) is 14.7 Å². The predicted molar refractivity (Wildman–Crippen MR) is 122 cm³/mol. The standard InChI is InChI=1S/C23H24N4O4S/c1-16-5-2-3-8-20(16)32(29,30)27-10-9-19-21(17-6-4-7-18(28)15-17)24-23(25-22(19)27)26-11-13-31-14-12-26/h2-8,15,28H,9-14H2,1H3. The van der Waals surface area contributed by atoms with Crippen LogP contribution in [0.5, 0.6) is 5.75 Å². The van der Waals surface area contributed by atoms with E-state index >= 15 is 0 Å². The van der Waals surface area contributed by atoms with Crippen molar-refractivity contribution in [3.05, 3.63) is 59.7 Å². The van der Waals surface area contributed by atoms with Crippen molar-refractivity contribution in [1.82, 2.24) is 9.97 Å². The van der Waals surface area contributed by atoms with Gasteiger partial charge >= 0.3 is 0 Å². The minimum atomic E-state index is -3.79. The fraction of sp³-hybridized carbons (Fsp3) is 0.304. The van der Waals surface area contributed by atoms with Crippen LogP contribution in [0.25, 0.3) is 11.3 Å². The summed E-state index contributed by atoms with van der Waals surface area (Å²) in [6, 6.07) is 13.8. The molecule has 9 heteroatoms. The van der Waals surface area contributed by atoms with Crippen molar-refractivity contribution in [3.8, 4) is 17.0 Å². The number of fused-ring (bicyclic) bond motifs is 1. The number of ether oxygens (including phenoxy) is 1. The summed E-state index contributed by atoms with van der Waals surface area (Å²) in [6.07, 6.45) is 0.495. The highest BCUT2D eigenvalue weighted by molar-refractivity contribution is 7.92. The lowest BCUT2D eigenvalue weighted by atomic mass is 10.1. The van der Waals surface area contributed by atoms with Gasteiger partial charge in [-0.05, 0) is 37.1 Å². The van der Waals surface area contributed by atoms with Crippen LogP contribution in [-0.2, 0) is 21.2 Å². The van der Waals surface area contributed by atoms with Crippen molar-refractivity contribution >= 4 is 21.8 Å². The zero-order valence-electron chi connectivity index (χ0n) is 17.7. The summed E-state index contributed by atoms with van der Waals surface area (Å²) < 4.78 is 34.0. The number of phenols is 1. The monoisotopic (exact) mass is 452 g/mol. The largest absolute Gasteiger partial charge is 0.508 e. The van der Waals surface area contributed by atoms with Crippen molar-refractivity contribution in [3.63, 3.8) is 0 Å². The maximum atomic E-state index is 13.6. The van der Waals surface area contributed by atoms with Crippen LogP contribution in [0.15, 0.2) is 53.4 Å². The molecule has 0 amide bonds. The third-order valence-corrected chi connectivity index (χ3v) is 7.80. The van der Waals surface area contributed by atoms with E-state index < -0.39 is 10.0 Å². The van der Waals surface area contributed by atoms with Crippen LogP contribution < -0.4 is 9.21 Å². The second-order valence-electron chi connectivity index (χ2n) is 7.92. The van der Waals surface area contributed by atoms with Gasteiger partial charge in [-0.25, -0.2) is 17.7 Å². The summed E-state index contributed by atoms with van der Waals surface area (Å²) in [5, 5.41) is 10.0. The molecule has 0 radical (unpaired) electrons. The lowest BCUT2D eigenvalue weighted by molar-refractivity contribution is 0.122. The Balaban J connectivity index is 1.67. The van der Waals surface area contributed by atoms with E-state index in [9.17, 15) is 13.5 Å². The van der Waals surface area contributed by atoms with Gasteiger partial charge in [0, 0.05) is 30.8 Å². The van der Waals surface area contributed by atoms with Gasteiger partial charge in [0.25, 0.3) is 10.0 Å². The van der Waals surface area contributed by atoms with Gasteiger partial charge in [-0.15, -0.1) is 0 Å². The molecule has 2 aliphatic rings. The highest BCUT2D eigenvalue weighted by Crippen LogP contribution is 2.39. The molecule has 0 spiro atoms. The number of aromatic hydroxyl groups is 1. The van der Waals surface area contributed by atoms with E-state index in [0.717, 1.165) is 11.1 Å². The molecule has 1 fully saturated rings. The maximum absolute atomic E-state index is 13.6. The van der Waals surface area contributed by atoms with Crippen molar-refractivity contribution in [1.29, 1.82) is 0 Å². The zero-order valence-corrected chi connectivity index (χ0v) is 18.5. The fourth-order valence-corrected chi connectivity index (χ4v) is 5.88.